The van der Waals surface area contributed by atoms with Crippen LogP contribution in [0.25, 0.3) is 0 Å². The van der Waals surface area contributed by atoms with Gasteiger partial charge in [0.1, 0.15) is 6.61 Å². The third-order valence-electron chi connectivity index (χ3n) is 9.54. The molecule has 1 unspecified atom stereocenters. The van der Waals surface area contributed by atoms with E-state index in [1.54, 1.807) is 0 Å². The molecule has 48 heavy (non-hydrogen) atoms. The minimum Gasteiger partial charge on any atom is -0.462 e. The van der Waals surface area contributed by atoms with Crippen molar-refractivity contribution in [2.24, 2.45) is 0 Å². The van der Waals surface area contributed by atoms with E-state index in [1.807, 2.05) is 0 Å². The summed E-state index contributed by atoms with van der Waals surface area (Å²) in [5, 5.41) is 9.53. The molecular weight excluding hydrogens is 596 g/mol. The molecule has 0 fully saturated rings. The molecule has 0 saturated heterocycles. The van der Waals surface area contributed by atoms with E-state index >= 15 is 0 Å². The van der Waals surface area contributed by atoms with Gasteiger partial charge in [0.2, 0.25) is 0 Å². The van der Waals surface area contributed by atoms with Crippen molar-refractivity contribution in [3.05, 3.63) is 12.2 Å². The van der Waals surface area contributed by atoms with Gasteiger partial charge in [0.05, 0.1) is 6.61 Å². The van der Waals surface area contributed by atoms with E-state index in [1.165, 1.54) is 161 Å². The summed E-state index contributed by atoms with van der Waals surface area (Å²) in [5.74, 6) is -0.592. The predicted molar refractivity (Wildman–Crippen MR) is 205 cm³/mol. The van der Waals surface area contributed by atoms with E-state index in [4.69, 9.17) is 9.47 Å². The molecule has 0 aromatic carbocycles. The lowest BCUT2D eigenvalue weighted by molar-refractivity contribution is -0.161. The van der Waals surface area contributed by atoms with Crippen molar-refractivity contribution in [2.45, 2.75) is 238 Å². The van der Waals surface area contributed by atoms with E-state index in [0.29, 0.717) is 12.8 Å². The number of hydrogen-bond donors (Lipinski definition) is 1. The Morgan fingerprint density at radius 2 is 0.812 bits per heavy atom. The van der Waals surface area contributed by atoms with Gasteiger partial charge in [-0.05, 0) is 32.1 Å². The number of esters is 2. The molecule has 0 aliphatic rings. The van der Waals surface area contributed by atoms with Gasteiger partial charge >= 0.3 is 11.9 Å². The van der Waals surface area contributed by atoms with Gasteiger partial charge in [-0.25, -0.2) is 0 Å². The fourth-order valence-electron chi connectivity index (χ4n) is 6.32. The monoisotopic (exact) mass is 679 g/mol. The second-order valence-electron chi connectivity index (χ2n) is 14.4. The van der Waals surface area contributed by atoms with Crippen molar-refractivity contribution in [3.63, 3.8) is 0 Å². The lowest BCUT2D eigenvalue weighted by Crippen LogP contribution is -2.28. The first kappa shape index (κ1) is 46.6. The van der Waals surface area contributed by atoms with E-state index in [-0.39, 0.29) is 25.2 Å². The molecule has 0 aliphatic carbocycles. The molecule has 1 N–H and O–H groups in total. The summed E-state index contributed by atoms with van der Waals surface area (Å²) in [6.45, 7) is 4.09. The van der Waals surface area contributed by atoms with Crippen LogP contribution >= 0.6 is 0 Å². The second-order valence-corrected chi connectivity index (χ2v) is 14.4. The number of aliphatic hydroxyl groups is 1. The molecule has 5 heteroatoms. The lowest BCUT2D eigenvalue weighted by atomic mass is 10.0. The number of hydrogen-bond acceptors (Lipinski definition) is 5. The summed E-state index contributed by atoms with van der Waals surface area (Å²) in [7, 11) is 0. The molecule has 0 aliphatic heterocycles. The Bertz CT molecular complexity index is 691. The van der Waals surface area contributed by atoms with Crippen LogP contribution in [-0.2, 0) is 19.1 Å². The standard InChI is InChI=1S/C43H82O5/c1-3-5-7-9-11-13-15-16-17-18-19-20-21-22-23-24-25-26-27-28-30-31-33-35-37-42(45)47-40-41(39-44)48-43(46)38-36-34-32-29-14-12-10-8-6-4-2/h8,10,41,44H,3-7,9,11-40H2,1-2H3/b10-8-. The topological polar surface area (TPSA) is 72.8 Å². The quantitative estimate of drug-likeness (QED) is 0.0398. The number of allylic oxidation sites excluding steroid dienone is 2. The molecular formula is C43H82O5. The minimum atomic E-state index is -0.768. The summed E-state index contributed by atoms with van der Waals surface area (Å²) in [4.78, 5) is 24.2. The van der Waals surface area contributed by atoms with Crippen LogP contribution in [0.5, 0.6) is 0 Å². The molecule has 0 bridgehead atoms. The highest BCUT2D eigenvalue weighted by molar-refractivity contribution is 5.70. The third kappa shape index (κ3) is 37.5. The molecule has 0 radical (unpaired) electrons. The zero-order valence-electron chi connectivity index (χ0n) is 32.3. The number of ether oxygens (including phenoxy) is 2. The molecule has 0 rings (SSSR count). The number of unbranched alkanes of at least 4 members (excludes halogenated alkanes) is 29. The Kier molecular flexibility index (Phi) is 38.9. The van der Waals surface area contributed by atoms with Crippen molar-refractivity contribution in [2.75, 3.05) is 13.2 Å². The Hall–Kier alpha value is -1.36. The smallest absolute Gasteiger partial charge is 0.306 e. The molecule has 0 heterocycles. The van der Waals surface area contributed by atoms with Gasteiger partial charge in [-0.1, -0.05) is 199 Å². The molecule has 0 amide bonds. The van der Waals surface area contributed by atoms with Crippen molar-refractivity contribution in [3.8, 4) is 0 Å². The number of carbonyl (C=O) groups excluding carboxylic acids is 2. The Morgan fingerprint density at radius 3 is 1.21 bits per heavy atom. The summed E-state index contributed by atoms with van der Waals surface area (Å²) < 4.78 is 10.6. The minimum absolute atomic E-state index is 0.0635. The first-order valence-electron chi connectivity index (χ1n) is 21.2. The fourth-order valence-corrected chi connectivity index (χ4v) is 6.32. The second kappa shape index (κ2) is 40.1. The fraction of sp³-hybridized carbons (Fsp3) is 0.907. The van der Waals surface area contributed by atoms with Crippen LogP contribution in [0.2, 0.25) is 0 Å². The van der Waals surface area contributed by atoms with Crippen molar-refractivity contribution in [1.82, 2.24) is 0 Å². The van der Waals surface area contributed by atoms with Gasteiger partial charge in [-0.15, -0.1) is 0 Å². The number of aliphatic hydroxyl groups excluding tert-OH is 1. The van der Waals surface area contributed by atoms with Crippen molar-refractivity contribution >= 4 is 11.9 Å². The zero-order chi connectivity index (χ0) is 35.0. The Labute approximate surface area is 299 Å². The largest absolute Gasteiger partial charge is 0.462 e. The first-order chi connectivity index (χ1) is 23.6. The van der Waals surface area contributed by atoms with Crippen LogP contribution in [0.4, 0.5) is 0 Å². The van der Waals surface area contributed by atoms with Gasteiger partial charge in [0.25, 0.3) is 0 Å². The maximum Gasteiger partial charge on any atom is 0.306 e. The van der Waals surface area contributed by atoms with Crippen LogP contribution in [0.3, 0.4) is 0 Å². The van der Waals surface area contributed by atoms with Gasteiger partial charge in [0, 0.05) is 12.8 Å². The Balaban J connectivity index is 3.42. The van der Waals surface area contributed by atoms with Gasteiger partial charge in [-0.2, -0.15) is 0 Å². The molecule has 0 aromatic heterocycles. The summed E-state index contributed by atoms with van der Waals surface area (Å²) in [6, 6.07) is 0. The zero-order valence-corrected chi connectivity index (χ0v) is 32.3. The molecule has 0 aromatic rings. The predicted octanol–water partition coefficient (Wildman–Crippen LogP) is 13.3. The maximum absolute atomic E-state index is 12.1. The lowest BCUT2D eigenvalue weighted by Gasteiger charge is -2.15. The van der Waals surface area contributed by atoms with Crippen LogP contribution in [0, 0.1) is 0 Å². The highest BCUT2D eigenvalue weighted by atomic mass is 16.6. The van der Waals surface area contributed by atoms with Crippen LogP contribution in [0.15, 0.2) is 12.2 Å². The maximum atomic E-state index is 12.1. The molecule has 1 atom stereocenters. The van der Waals surface area contributed by atoms with E-state index in [0.717, 1.165) is 44.9 Å². The summed E-state index contributed by atoms with van der Waals surface area (Å²) in [5.41, 5.74) is 0. The van der Waals surface area contributed by atoms with Crippen LogP contribution in [-0.4, -0.2) is 36.4 Å². The highest BCUT2D eigenvalue weighted by Gasteiger charge is 2.16. The van der Waals surface area contributed by atoms with E-state index in [2.05, 4.69) is 26.0 Å². The van der Waals surface area contributed by atoms with Crippen molar-refractivity contribution < 1.29 is 24.2 Å². The first-order valence-corrected chi connectivity index (χ1v) is 21.2. The van der Waals surface area contributed by atoms with Crippen LogP contribution in [0.1, 0.15) is 232 Å². The third-order valence-corrected chi connectivity index (χ3v) is 9.54. The number of carbonyl (C=O) groups is 2. The molecule has 0 saturated carbocycles. The van der Waals surface area contributed by atoms with Crippen LogP contribution < -0.4 is 0 Å². The summed E-state index contributed by atoms with van der Waals surface area (Å²) in [6.07, 6.45) is 45.9. The van der Waals surface area contributed by atoms with E-state index in [9.17, 15) is 14.7 Å². The normalized spacial score (nSPS) is 12.1. The van der Waals surface area contributed by atoms with E-state index < -0.39 is 6.10 Å². The van der Waals surface area contributed by atoms with Gasteiger partial charge in [-0.3, -0.25) is 9.59 Å². The number of rotatable bonds is 39. The Morgan fingerprint density at radius 1 is 0.458 bits per heavy atom. The molecule has 284 valence electrons. The van der Waals surface area contributed by atoms with Gasteiger partial charge in [0.15, 0.2) is 6.10 Å². The van der Waals surface area contributed by atoms with Gasteiger partial charge < -0.3 is 14.6 Å². The molecule has 0 spiro atoms. The molecule has 5 nitrogen and oxygen atoms in total. The highest BCUT2D eigenvalue weighted by Crippen LogP contribution is 2.16. The SMILES string of the molecule is CCC/C=C\CCCCCCCC(=O)OC(CO)COC(=O)CCCCCCCCCCCCCCCCCCCCCCCCCC. The summed E-state index contributed by atoms with van der Waals surface area (Å²) >= 11 is 0. The van der Waals surface area contributed by atoms with Crippen molar-refractivity contribution in [1.29, 1.82) is 0 Å². The average molecular weight is 679 g/mol. The average Bonchev–Trinajstić information content (AvgIpc) is 3.09.